The molecule has 0 bridgehead atoms. The fraction of sp³-hybridized carbons (Fsp3) is 0.143. The quantitative estimate of drug-likeness (QED) is 0.668. The average Bonchev–Trinajstić information content (AvgIpc) is 2.92. The van der Waals surface area contributed by atoms with E-state index in [4.69, 9.17) is 4.52 Å². The lowest BCUT2D eigenvalue weighted by molar-refractivity contribution is -0.110. The van der Waals surface area contributed by atoms with Crippen molar-refractivity contribution in [2.24, 2.45) is 10.2 Å². The number of fused-ring (bicyclic) bond motifs is 1. The van der Waals surface area contributed by atoms with Gasteiger partial charge in [0.25, 0.3) is 5.91 Å². The Bertz CT molecular complexity index is 724. The molecule has 0 spiro atoms. The average molecular weight is 268 g/mol. The van der Waals surface area contributed by atoms with Crippen LogP contribution in [0.15, 0.2) is 39.0 Å². The van der Waals surface area contributed by atoms with E-state index in [1.807, 2.05) is 31.2 Å². The first kappa shape index (κ1) is 12.3. The van der Waals surface area contributed by atoms with Crippen LogP contribution in [0.4, 0.5) is 5.69 Å². The van der Waals surface area contributed by atoms with Gasteiger partial charge in [0.05, 0.1) is 23.2 Å². The lowest BCUT2D eigenvalue weighted by atomic mass is 10.1. The number of carbonyl (C=O) groups excluding carboxylic acids is 1. The first-order chi connectivity index (χ1) is 9.66. The van der Waals surface area contributed by atoms with Crippen molar-refractivity contribution in [2.45, 2.75) is 13.8 Å². The van der Waals surface area contributed by atoms with Gasteiger partial charge in [-0.25, -0.2) is 0 Å². The van der Waals surface area contributed by atoms with Gasteiger partial charge in [-0.15, -0.1) is 5.10 Å². The van der Waals surface area contributed by atoms with E-state index in [1.165, 1.54) is 0 Å². The summed E-state index contributed by atoms with van der Waals surface area (Å²) in [5.41, 5.74) is 3.34. The number of para-hydroxylation sites is 1. The second-order valence-electron chi connectivity index (χ2n) is 4.43. The van der Waals surface area contributed by atoms with E-state index in [9.17, 15) is 4.79 Å². The lowest BCUT2D eigenvalue weighted by Gasteiger charge is -1.93. The summed E-state index contributed by atoms with van der Waals surface area (Å²) >= 11 is 0. The van der Waals surface area contributed by atoms with Gasteiger partial charge in [-0.3, -0.25) is 4.79 Å². The maximum absolute atomic E-state index is 11.8. The van der Waals surface area contributed by atoms with Gasteiger partial charge in [0.2, 0.25) is 0 Å². The molecule has 0 saturated carbocycles. The Morgan fingerprint density at radius 3 is 2.85 bits per heavy atom. The third kappa shape index (κ3) is 2.01. The van der Waals surface area contributed by atoms with Gasteiger partial charge in [0.15, 0.2) is 5.71 Å². The van der Waals surface area contributed by atoms with E-state index in [0.717, 1.165) is 22.5 Å². The summed E-state index contributed by atoms with van der Waals surface area (Å²) in [4.78, 5) is 11.8. The van der Waals surface area contributed by atoms with Gasteiger partial charge in [0.1, 0.15) is 5.76 Å². The van der Waals surface area contributed by atoms with Gasteiger partial charge in [-0.05, 0) is 19.9 Å². The molecule has 6 heteroatoms. The van der Waals surface area contributed by atoms with Crippen molar-refractivity contribution in [3.8, 4) is 0 Å². The van der Waals surface area contributed by atoms with E-state index in [0.29, 0.717) is 11.5 Å². The monoisotopic (exact) mass is 268 g/mol. The predicted molar refractivity (Wildman–Crippen MR) is 75.2 cm³/mol. The number of aryl methyl sites for hydroxylation is 2. The van der Waals surface area contributed by atoms with Crippen molar-refractivity contribution < 1.29 is 9.32 Å². The van der Waals surface area contributed by atoms with Crippen molar-refractivity contribution in [1.82, 2.24) is 5.16 Å². The number of carbonyl (C=O) groups is 1. The maximum Gasteiger partial charge on any atom is 0.276 e. The van der Waals surface area contributed by atoms with Crippen LogP contribution in [0.3, 0.4) is 0 Å². The molecule has 0 fully saturated rings. The Hall–Kier alpha value is -2.76. The number of hydrogen-bond acceptors (Lipinski definition) is 5. The number of anilines is 1. The van der Waals surface area contributed by atoms with Crippen molar-refractivity contribution >= 4 is 23.5 Å². The molecule has 1 aromatic heterocycles. The van der Waals surface area contributed by atoms with Gasteiger partial charge in [-0.2, -0.15) is 5.10 Å². The molecule has 0 aliphatic carbocycles. The molecule has 1 aromatic carbocycles. The number of hydrogen-bond donors (Lipinski definition) is 1. The second kappa shape index (κ2) is 4.73. The molecule has 1 aliphatic rings. The molecule has 0 unspecified atom stereocenters. The molecule has 0 radical (unpaired) electrons. The molecule has 2 aromatic rings. The maximum atomic E-state index is 11.8. The van der Waals surface area contributed by atoms with Crippen molar-refractivity contribution in [3.05, 3.63) is 46.8 Å². The molecule has 0 saturated heterocycles. The second-order valence-corrected chi connectivity index (χ2v) is 4.43. The summed E-state index contributed by atoms with van der Waals surface area (Å²) in [7, 11) is 0. The van der Waals surface area contributed by atoms with Crippen LogP contribution in [0.5, 0.6) is 0 Å². The molecule has 1 amide bonds. The first-order valence-electron chi connectivity index (χ1n) is 6.11. The summed E-state index contributed by atoms with van der Waals surface area (Å²) in [5.74, 6) is 0.421. The Kier molecular flexibility index (Phi) is 2.90. The number of benzene rings is 1. The van der Waals surface area contributed by atoms with Crippen LogP contribution in [0.1, 0.15) is 22.6 Å². The molecular formula is C14H12N4O2. The minimum absolute atomic E-state index is 0.248. The van der Waals surface area contributed by atoms with Gasteiger partial charge in [-0.1, -0.05) is 23.4 Å². The highest BCUT2D eigenvalue weighted by Crippen LogP contribution is 2.22. The van der Waals surface area contributed by atoms with Crippen LogP contribution in [0.25, 0.3) is 0 Å². The summed E-state index contributed by atoms with van der Waals surface area (Å²) < 4.78 is 5.03. The first-order valence-corrected chi connectivity index (χ1v) is 6.11. The lowest BCUT2D eigenvalue weighted by Crippen LogP contribution is -2.13. The van der Waals surface area contributed by atoms with Crippen LogP contribution in [-0.2, 0) is 4.79 Å². The third-order valence-electron chi connectivity index (χ3n) is 3.08. The number of aromatic nitrogens is 1. The standard InChI is InChI=1S/C14H12N4O2/c1-8-11(9(2)20-18-8)7-15-17-13-10-5-3-4-6-12(10)16-14(13)19/h3-7H,1-2H3,(H,16,17,19). The van der Waals surface area contributed by atoms with Gasteiger partial charge >= 0.3 is 0 Å². The van der Waals surface area contributed by atoms with Crippen LogP contribution >= 0.6 is 0 Å². The molecular weight excluding hydrogens is 256 g/mol. The normalized spacial score (nSPS) is 15.9. The van der Waals surface area contributed by atoms with Crippen LogP contribution in [0, 0.1) is 13.8 Å². The Balaban J connectivity index is 1.92. The Morgan fingerprint density at radius 2 is 2.10 bits per heavy atom. The van der Waals surface area contributed by atoms with Crippen LogP contribution in [0.2, 0.25) is 0 Å². The number of nitrogens with zero attached hydrogens (tertiary/aromatic N) is 3. The van der Waals surface area contributed by atoms with E-state index in [2.05, 4.69) is 20.7 Å². The number of nitrogens with one attached hydrogen (secondary N) is 1. The van der Waals surface area contributed by atoms with E-state index in [1.54, 1.807) is 13.1 Å². The SMILES string of the molecule is Cc1noc(C)c1C=N/N=C1\C(=O)Nc2ccccc21. The molecule has 0 atom stereocenters. The van der Waals surface area contributed by atoms with Crippen LogP contribution < -0.4 is 5.32 Å². The Labute approximate surface area is 115 Å². The summed E-state index contributed by atoms with van der Waals surface area (Å²) in [6.45, 7) is 3.62. The Morgan fingerprint density at radius 1 is 1.30 bits per heavy atom. The zero-order chi connectivity index (χ0) is 14.1. The molecule has 2 heterocycles. The highest BCUT2D eigenvalue weighted by atomic mass is 16.5. The number of amides is 1. The summed E-state index contributed by atoms with van der Waals surface area (Å²) in [6, 6.07) is 7.37. The van der Waals surface area contributed by atoms with Crippen LogP contribution in [-0.4, -0.2) is 23.0 Å². The largest absolute Gasteiger partial charge is 0.361 e. The van der Waals surface area contributed by atoms with Crippen molar-refractivity contribution in [2.75, 3.05) is 5.32 Å². The fourth-order valence-electron chi connectivity index (χ4n) is 2.02. The zero-order valence-corrected chi connectivity index (χ0v) is 11.0. The third-order valence-corrected chi connectivity index (χ3v) is 3.08. The molecule has 20 heavy (non-hydrogen) atoms. The topological polar surface area (TPSA) is 79.8 Å². The van der Waals surface area contributed by atoms with Crippen molar-refractivity contribution in [1.29, 1.82) is 0 Å². The molecule has 6 nitrogen and oxygen atoms in total. The highest BCUT2D eigenvalue weighted by Gasteiger charge is 2.25. The molecule has 1 N–H and O–H groups in total. The van der Waals surface area contributed by atoms with E-state index in [-0.39, 0.29) is 5.91 Å². The summed E-state index contributed by atoms with van der Waals surface area (Å²) in [5, 5.41) is 14.5. The highest BCUT2D eigenvalue weighted by molar-refractivity contribution is 6.53. The zero-order valence-electron chi connectivity index (χ0n) is 11.0. The van der Waals surface area contributed by atoms with Crippen molar-refractivity contribution in [3.63, 3.8) is 0 Å². The minimum atomic E-state index is -0.248. The minimum Gasteiger partial charge on any atom is -0.361 e. The fourth-order valence-corrected chi connectivity index (χ4v) is 2.02. The smallest absolute Gasteiger partial charge is 0.276 e. The van der Waals surface area contributed by atoms with Gasteiger partial charge in [0, 0.05) is 5.56 Å². The predicted octanol–water partition coefficient (Wildman–Crippen LogP) is 2.07. The molecule has 1 aliphatic heterocycles. The van der Waals surface area contributed by atoms with Gasteiger partial charge < -0.3 is 9.84 Å². The molecule has 3 rings (SSSR count). The summed E-state index contributed by atoms with van der Waals surface area (Å²) in [6.07, 6.45) is 1.54. The van der Waals surface area contributed by atoms with E-state index < -0.39 is 0 Å². The van der Waals surface area contributed by atoms with E-state index >= 15 is 0 Å². The number of rotatable bonds is 2. The molecule has 100 valence electrons.